The number of rotatable bonds is 5. The van der Waals surface area contributed by atoms with Crippen molar-refractivity contribution >= 4 is 50.0 Å². The molecule has 0 radical (unpaired) electrons. The number of sulfone groups is 1. The van der Waals surface area contributed by atoms with Gasteiger partial charge in [-0.2, -0.15) is 5.26 Å². The van der Waals surface area contributed by atoms with Crippen LogP contribution >= 0.6 is 23.2 Å². The van der Waals surface area contributed by atoms with E-state index in [1.54, 1.807) is 0 Å². The van der Waals surface area contributed by atoms with Crippen LogP contribution in [0.15, 0.2) is 88.8 Å². The van der Waals surface area contributed by atoms with E-state index in [1.165, 1.54) is 30.3 Å². The minimum absolute atomic E-state index is 0.0207. The van der Waals surface area contributed by atoms with E-state index in [9.17, 15) is 13.7 Å². The average molecular weight is 467 g/mol. The molecule has 0 amide bonds. The van der Waals surface area contributed by atoms with E-state index in [2.05, 4.69) is 0 Å². The van der Waals surface area contributed by atoms with E-state index in [4.69, 9.17) is 23.2 Å². The molecular weight excluding hydrogens is 451 g/mol. The number of aromatic nitrogens is 1. The fourth-order valence-electron chi connectivity index (χ4n) is 3.40. The van der Waals surface area contributed by atoms with E-state index in [1.807, 2.05) is 65.4 Å². The van der Waals surface area contributed by atoms with Gasteiger partial charge in [-0.15, -0.1) is 0 Å². The maximum atomic E-state index is 13.0. The van der Waals surface area contributed by atoms with Crippen molar-refractivity contribution in [2.24, 2.45) is 0 Å². The van der Waals surface area contributed by atoms with Crippen LogP contribution in [0.1, 0.15) is 11.1 Å². The highest BCUT2D eigenvalue weighted by molar-refractivity contribution is 7.95. The second-order valence-electron chi connectivity index (χ2n) is 6.94. The molecule has 0 saturated heterocycles. The Morgan fingerprint density at radius 2 is 1.71 bits per heavy atom. The van der Waals surface area contributed by atoms with Gasteiger partial charge in [-0.05, 0) is 54.1 Å². The lowest BCUT2D eigenvalue weighted by Gasteiger charge is -2.06. The lowest BCUT2D eigenvalue weighted by atomic mass is 10.1. The largest absolute Gasteiger partial charge is 0.342 e. The molecule has 1 heterocycles. The molecule has 4 nitrogen and oxygen atoms in total. The van der Waals surface area contributed by atoms with E-state index >= 15 is 0 Å². The zero-order valence-corrected chi connectivity index (χ0v) is 18.5. The molecule has 0 aliphatic rings. The first-order chi connectivity index (χ1) is 14.9. The highest BCUT2D eigenvalue weighted by Gasteiger charge is 2.21. The Morgan fingerprint density at radius 1 is 0.968 bits per heavy atom. The quantitative estimate of drug-likeness (QED) is 0.322. The van der Waals surface area contributed by atoms with Crippen LogP contribution < -0.4 is 0 Å². The lowest BCUT2D eigenvalue weighted by Crippen LogP contribution is -2.03. The summed E-state index contributed by atoms with van der Waals surface area (Å²) in [5.41, 5.74) is 2.58. The molecule has 4 rings (SSSR count). The summed E-state index contributed by atoms with van der Waals surface area (Å²) in [5, 5.41) is 11.6. The van der Waals surface area contributed by atoms with Crippen molar-refractivity contribution in [1.29, 1.82) is 5.26 Å². The predicted octanol–water partition coefficient (Wildman–Crippen LogP) is 6.33. The predicted molar refractivity (Wildman–Crippen MR) is 125 cm³/mol. The van der Waals surface area contributed by atoms with Crippen LogP contribution in [-0.2, 0) is 16.4 Å². The first kappa shape index (κ1) is 21.2. The molecule has 0 fully saturated rings. The third-order valence-corrected chi connectivity index (χ3v) is 7.04. The van der Waals surface area contributed by atoms with Gasteiger partial charge in [0.15, 0.2) is 0 Å². The van der Waals surface area contributed by atoms with Crippen molar-refractivity contribution < 1.29 is 8.42 Å². The van der Waals surface area contributed by atoms with Crippen LogP contribution in [0.5, 0.6) is 0 Å². The fraction of sp³-hybridized carbons (Fsp3) is 0.0417. The minimum atomic E-state index is -3.98. The summed E-state index contributed by atoms with van der Waals surface area (Å²) < 4.78 is 28.0. The maximum Gasteiger partial charge on any atom is 0.216 e. The maximum absolute atomic E-state index is 13.0. The van der Waals surface area contributed by atoms with Gasteiger partial charge in [-0.3, -0.25) is 0 Å². The van der Waals surface area contributed by atoms with Gasteiger partial charge in [0.25, 0.3) is 0 Å². The number of allylic oxidation sites excluding steroid dienone is 1. The number of nitriles is 1. The number of hydrogen-bond donors (Lipinski definition) is 0. The van der Waals surface area contributed by atoms with Crippen LogP contribution in [0.2, 0.25) is 10.0 Å². The second kappa shape index (κ2) is 8.60. The average Bonchev–Trinajstić information content (AvgIpc) is 3.09. The van der Waals surface area contributed by atoms with E-state index in [0.717, 1.165) is 16.5 Å². The Morgan fingerprint density at radius 3 is 2.42 bits per heavy atom. The molecule has 0 unspecified atom stereocenters. The number of hydrogen-bond acceptors (Lipinski definition) is 3. The molecule has 31 heavy (non-hydrogen) atoms. The van der Waals surface area contributed by atoms with Crippen LogP contribution in [0.3, 0.4) is 0 Å². The molecule has 0 aliphatic heterocycles. The summed E-state index contributed by atoms with van der Waals surface area (Å²) >= 11 is 12.0. The standard InChI is InChI=1S/C24H16Cl2N2O2S/c25-19-8-10-21(11-9-19)31(29,30)22(14-27)13-18-16-28(24-7-2-1-6-23(18)24)15-17-4-3-5-20(26)12-17/h1-13,16H,15H2. The topological polar surface area (TPSA) is 62.9 Å². The molecule has 4 aromatic rings. The highest BCUT2D eigenvalue weighted by atomic mass is 35.5. The van der Waals surface area contributed by atoms with Crippen molar-refractivity contribution in [1.82, 2.24) is 4.57 Å². The Kier molecular flexibility index (Phi) is 5.88. The summed E-state index contributed by atoms with van der Waals surface area (Å²) in [6.45, 7) is 0.556. The summed E-state index contributed by atoms with van der Waals surface area (Å²) in [7, 11) is -3.98. The number of benzene rings is 3. The normalized spacial score (nSPS) is 12.1. The molecule has 0 spiro atoms. The molecule has 0 N–H and O–H groups in total. The van der Waals surface area contributed by atoms with Gasteiger partial charge < -0.3 is 4.57 Å². The second-order valence-corrected chi connectivity index (χ2v) is 9.73. The minimum Gasteiger partial charge on any atom is -0.342 e. The molecule has 0 aliphatic carbocycles. The Balaban J connectivity index is 1.81. The van der Waals surface area contributed by atoms with E-state index in [-0.39, 0.29) is 9.80 Å². The molecule has 7 heteroatoms. The van der Waals surface area contributed by atoms with Crippen molar-refractivity contribution in [3.05, 3.63) is 105 Å². The van der Waals surface area contributed by atoms with Gasteiger partial charge in [0.2, 0.25) is 9.84 Å². The summed E-state index contributed by atoms with van der Waals surface area (Å²) in [6.07, 6.45) is 3.26. The zero-order valence-electron chi connectivity index (χ0n) is 16.2. The molecule has 1 aromatic heterocycles. The SMILES string of the molecule is N#CC(=Cc1cn(Cc2cccc(Cl)c2)c2ccccc12)S(=O)(=O)c1ccc(Cl)cc1. The van der Waals surface area contributed by atoms with Crippen LogP contribution in [-0.4, -0.2) is 13.0 Å². The molecule has 3 aromatic carbocycles. The highest BCUT2D eigenvalue weighted by Crippen LogP contribution is 2.28. The summed E-state index contributed by atoms with van der Waals surface area (Å²) in [4.78, 5) is -0.312. The number of fused-ring (bicyclic) bond motifs is 1. The molecule has 0 atom stereocenters. The Hall–Kier alpha value is -3.04. The monoisotopic (exact) mass is 466 g/mol. The molecule has 154 valence electrons. The molecule has 0 bridgehead atoms. The lowest BCUT2D eigenvalue weighted by molar-refractivity contribution is 0.603. The number of halogens is 2. The van der Waals surface area contributed by atoms with Crippen LogP contribution in [0.25, 0.3) is 17.0 Å². The Bertz CT molecular complexity index is 1450. The molecular formula is C24H16Cl2N2O2S. The third kappa shape index (κ3) is 4.38. The van der Waals surface area contributed by atoms with Gasteiger partial charge >= 0.3 is 0 Å². The van der Waals surface area contributed by atoms with Gasteiger partial charge in [0.1, 0.15) is 11.0 Å². The summed E-state index contributed by atoms with van der Waals surface area (Å²) in [5.74, 6) is 0. The van der Waals surface area contributed by atoms with E-state index in [0.29, 0.717) is 22.2 Å². The van der Waals surface area contributed by atoms with Crippen molar-refractivity contribution in [2.75, 3.05) is 0 Å². The third-order valence-electron chi connectivity index (χ3n) is 4.87. The first-order valence-corrected chi connectivity index (χ1v) is 11.6. The summed E-state index contributed by atoms with van der Waals surface area (Å²) in [6, 6.07) is 22.8. The van der Waals surface area contributed by atoms with Gasteiger partial charge in [0.05, 0.1) is 4.90 Å². The molecule has 0 saturated carbocycles. The van der Waals surface area contributed by atoms with Crippen molar-refractivity contribution in [3.8, 4) is 6.07 Å². The van der Waals surface area contributed by atoms with Crippen LogP contribution in [0, 0.1) is 11.3 Å². The van der Waals surface area contributed by atoms with Crippen molar-refractivity contribution in [2.45, 2.75) is 11.4 Å². The van der Waals surface area contributed by atoms with Gasteiger partial charge in [-0.1, -0.05) is 53.5 Å². The van der Waals surface area contributed by atoms with Gasteiger partial charge in [-0.25, -0.2) is 8.42 Å². The Labute approximate surface area is 190 Å². The smallest absolute Gasteiger partial charge is 0.216 e. The zero-order chi connectivity index (χ0) is 22.0. The van der Waals surface area contributed by atoms with Gasteiger partial charge in [0, 0.05) is 39.3 Å². The van der Waals surface area contributed by atoms with E-state index < -0.39 is 9.84 Å². The number of para-hydroxylation sites is 1. The first-order valence-electron chi connectivity index (χ1n) is 9.33. The van der Waals surface area contributed by atoms with Crippen molar-refractivity contribution in [3.63, 3.8) is 0 Å². The van der Waals surface area contributed by atoms with Crippen LogP contribution in [0.4, 0.5) is 0 Å². The number of nitrogens with zero attached hydrogens (tertiary/aromatic N) is 2. The fourth-order valence-corrected chi connectivity index (χ4v) is 4.89.